The van der Waals surface area contributed by atoms with E-state index in [1.54, 1.807) is 4.90 Å². The van der Waals surface area contributed by atoms with Crippen molar-refractivity contribution < 1.29 is 14.6 Å². The highest BCUT2D eigenvalue weighted by atomic mass is 16.5. The highest BCUT2D eigenvalue weighted by Crippen LogP contribution is 2.19. The molecule has 0 aromatic heterocycles. The van der Waals surface area contributed by atoms with Gasteiger partial charge in [0.15, 0.2) is 0 Å². The van der Waals surface area contributed by atoms with Crippen LogP contribution >= 0.6 is 0 Å². The Bertz CT molecular complexity index is 285. The molecule has 2 unspecified atom stereocenters. The molecule has 0 radical (unpaired) electrons. The van der Waals surface area contributed by atoms with Crippen molar-refractivity contribution in [2.75, 3.05) is 19.8 Å². The van der Waals surface area contributed by atoms with E-state index in [0.29, 0.717) is 13.2 Å². The summed E-state index contributed by atoms with van der Waals surface area (Å²) in [7, 11) is 0. The number of aliphatic hydroxyl groups is 1. The minimum Gasteiger partial charge on any atom is -0.378 e. The zero-order valence-corrected chi connectivity index (χ0v) is 11.2. The lowest BCUT2D eigenvalue weighted by Crippen LogP contribution is -2.42. The number of nitrogens with zero attached hydrogens (tertiary/aromatic N) is 2. The van der Waals surface area contributed by atoms with Crippen LogP contribution in [-0.2, 0) is 9.53 Å². The van der Waals surface area contributed by atoms with Crippen molar-refractivity contribution in [1.29, 1.82) is 0 Å². The van der Waals surface area contributed by atoms with Gasteiger partial charge in [-0.15, -0.1) is 0 Å². The first-order valence-electron chi connectivity index (χ1n) is 7.01. The monoisotopic (exact) mass is 256 g/mol. The van der Waals surface area contributed by atoms with Gasteiger partial charge in [-0.3, -0.25) is 9.69 Å². The lowest BCUT2D eigenvalue weighted by Gasteiger charge is -2.30. The molecule has 104 valence electrons. The molecule has 2 aliphatic rings. The summed E-state index contributed by atoms with van der Waals surface area (Å²) >= 11 is 0. The van der Waals surface area contributed by atoms with Gasteiger partial charge >= 0.3 is 0 Å². The molecule has 2 heterocycles. The smallest absolute Gasteiger partial charge is 0.224 e. The van der Waals surface area contributed by atoms with Gasteiger partial charge in [0, 0.05) is 19.5 Å². The van der Waals surface area contributed by atoms with Gasteiger partial charge in [0.1, 0.15) is 19.2 Å². The molecule has 0 aromatic rings. The summed E-state index contributed by atoms with van der Waals surface area (Å²) < 4.78 is 5.73. The van der Waals surface area contributed by atoms with Crippen LogP contribution in [0.4, 0.5) is 0 Å². The molecule has 0 saturated carbocycles. The van der Waals surface area contributed by atoms with E-state index in [1.165, 1.54) is 0 Å². The molecule has 5 heteroatoms. The molecule has 0 aromatic carbocycles. The lowest BCUT2D eigenvalue weighted by atomic mass is 10.2. The highest BCUT2D eigenvalue weighted by Gasteiger charge is 2.27. The minimum atomic E-state index is -0.389. The van der Waals surface area contributed by atoms with Crippen LogP contribution in [-0.4, -0.2) is 53.1 Å². The Hall–Kier alpha value is -0.650. The molecule has 2 fully saturated rings. The Labute approximate surface area is 109 Å². The SMILES string of the molecule is CC(OCN1CCCCCC1=O)N1CCCC1O. The Kier molecular flexibility index (Phi) is 4.97. The van der Waals surface area contributed by atoms with Crippen LogP contribution in [0.25, 0.3) is 0 Å². The molecule has 1 N–H and O–H groups in total. The van der Waals surface area contributed by atoms with Crippen LogP contribution in [0.15, 0.2) is 0 Å². The van der Waals surface area contributed by atoms with E-state index < -0.39 is 0 Å². The summed E-state index contributed by atoms with van der Waals surface area (Å²) in [5, 5.41) is 9.76. The van der Waals surface area contributed by atoms with Crippen molar-refractivity contribution in [3.63, 3.8) is 0 Å². The second-order valence-electron chi connectivity index (χ2n) is 5.22. The van der Waals surface area contributed by atoms with Crippen LogP contribution in [0.1, 0.15) is 45.4 Å². The van der Waals surface area contributed by atoms with Crippen LogP contribution < -0.4 is 0 Å². The predicted molar refractivity (Wildman–Crippen MR) is 67.5 cm³/mol. The topological polar surface area (TPSA) is 53.0 Å². The van der Waals surface area contributed by atoms with Crippen LogP contribution in [0.3, 0.4) is 0 Å². The number of aliphatic hydroxyl groups excluding tert-OH is 1. The van der Waals surface area contributed by atoms with E-state index in [-0.39, 0.29) is 18.4 Å². The van der Waals surface area contributed by atoms with Gasteiger partial charge in [0.25, 0.3) is 0 Å². The van der Waals surface area contributed by atoms with Gasteiger partial charge in [-0.2, -0.15) is 0 Å². The molecular formula is C13H24N2O3. The van der Waals surface area contributed by atoms with Gasteiger partial charge in [0.05, 0.1) is 0 Å². The van der Waals surface area contributed by atoms with Crippen molar-refractivity contribution in [2.45, 2.75) is 57.9 Å². The van der Waals surface area contributed by atoms with Crippen molar-refractivity contribution in [1.82, 2.24) is 9.80 Å². The quantitative estimate of drug-likeness (QED) is 0.819. The van der Waals surface area contributed by atoms with E-state index in [1.807, 2.05) is 11.8 Å². The number of amides is 1. The third-order valence-electron chi connectivity index (χ3n) is 3.87. The molecule has 2 saturated heterocycles. The molecule has 2 atom stereocenters. The fourth-order valence-electron chi connectivity index (χ4n) is 2.66. The number of ether oxygens (including phenoxy) is 1. The van der Waals surface area contributed by atoms with Crippen molar-refractivity contribution in [3.05, 3.63) is 0 Å². The maximum atomic E-state index is 11.8. The fraction of sp³-hybridized carbons (Fsp3) is 0.923. The molecule has 5 nitrogen and oxygen atoms in total. The van der Waals surface area contributed by atoms with E-state index in [0.717, 1.165) is 45.2 Å². The Morgan fingerprint density at radius 2 is 2.17 bits per heavy atom. The number of carbonyl (C=O) groups is 1. The van der Waals surface area contributed by atoms with E-state index in [9.17, 15) is 9.90 Å². The van der Waals surface area contributed by atoms with Crippen LogP contribution in [0, 0.1) is 0 Å². The normalized spacial score (nSPS) is 28.4. The van der Waals surface area contributed by atoms with Gasteiger partial charge in [-0.05, 0) is 32.6 Å². The number of hydrogen-bond acceptors (Lipinski definition) is 4. The van der Waals surface area contributed by atoms with Crippen molar-refractivity contribution >= 4 is 5.91 Å². The zero-order chi connectivity index (χ0) is 13.0. The lowest BCUT2D eigenvalue weighted by molar-refractivity contribution is -0.151. The van der Waals surface area contributed by atoms with E-state index >= 15 is 0 Å². The number of likely N-dealkylation sites (tertiary alicyclic amines) is 2. The molecule has 2 rings (SSSR count). The second kappa shape index (κ2) is 6.50. The molecule has 0 aliphatic carbocycles. The molecule has 18 heavy (non-hydrogen) atoms. The summed E-state index contributed by atoms with van der Waals surface area (Å²) in [5.74, 6) is 0.196. The Balaban J connectivity index is 1.77. The number of rotatable bonds is 4. The summed E-state index contributed by atoms with van der Waals surface area (Å²) in [6.07, 6.45) is 5.14. The fourth-order valence-corrected chi connectivity index (χ4v) is 2.66. The third kappa shape index (κ3) is 3.43. The van der Waals surface area contributed by atoms with Crippen LogP contribution in [0.5, 0.6) is 0 Å². The maximum Gasteiger partial charge on any atom is 0.224 e. The zero-order valence-electron chi connectivity index (χ0n) is 11.2. The number of hydrogen-bond donors (Lipinski definition) is 1. The largest absolute Gasteiger partial charge is 0.378 e. The number of carbonyl (C=O) groups excluding carboxylic acids is 1. The molecule has 2 aliphatic heterocycles. The van der Waals surface area contributed by atoms with Gasteiger partial charge < -0.3 is 14.7 Å². The van der Waals surface area contributed by atoms with Crippen LogP contribution in [0.2, 0.25) is 0 Å². The van der Waals surface area contributed by atoms with E-state index in [2.05, 4.69) is 0 Å². The van der Waals surface area contributed by atoms with Gasteiger partial charge in [0.2, 0.25) is 5.91 Å². The average molecular weight is 256 g/mol. The van der Waals surface area contributed by atoms with Crippen molar-refractivity contribution in [2.24, 2.45) is 0 Å². The first-order chi connectivity index (χ1) is 8.68. The summed E-state index contributed by atoms with van der Waals surface area (Å²) in [4.78, 5) is 15.5. The molecular weight excluding hydrogens is 232 g/mol. The molecule has 0 spiro atoms. The molecule has 1 amide bonds. The Morgan fingerprint density at radius 1 is 1.33 bits per heavy atom. The first-order valence-corrected chi connectivity index (χ1v) is 7.01. The average Bonchev–Trinajstić information content (AvgIpc) is 2.67. The van der Waals surface area contributed by atoms with Crippen molar-refractivity contribution in [3.8, 4) is 0 Å². The third-order valence-corrected chi connectivity index (χ3v) is 3.87. The summed E-state index contributed by atoms with van der Waals surface area (Å²) in [5.41, 5.74) is 0. The highest BCUT2D eigenvalue weighted by molar-refractivity contribution is 5.76. The molecule has 0 bridgehead atoms. The minimum absolute atomic E-state index is 0.126. The Morgan fingerprint density at radius 3 is 2.89 bits per heavy atom. The predicted octanol–water partition coefficient (Wildman–Crippen LogP) is 1.12. The van der Waals surface area contributed by atoms with Gasteiger partial charge in [-0.1, -0.05) is 6.42 Å². The second-order valence-corrected chi connectivity index (χ2v) is 5.22. The van der Waals surface area contributed by atoms with E-state index in [4.69, 9.17) is 4.74 Å². The summed E-state index contributed by atoms with van der Waals surface area (Å²) in [6, 6.07) is 0. The standard InChI is InChI=1S/C13H24N2O3/c1-11(15-9-5-7-13(15)17)18-10-14-8-4-2-3-6-12(14)16/h11,13,17H,2-10H2,1H3. The summed E-state index contributed by atoms with van der Waals surface area (Å²) in [6.45, 7) is 3.96. The van der Waals surface area contributed by atoms with Gasteiger partial charge in [-0.25, -0.2) is 0 Å². The maximum absolute atomic E-state index is 11.8. The first kappa shape index (κ1) is 13.8.